The monoisotopic (exact) mass is 981 g/mol. The number of aliphatic hydroxyl groups is 1. The van der Waals surface area contributed by atoms with Gasteiger partial charge >= 0.3 is 23.9 Å². The fourth-order valence-electron chi connectivity index (χ4n) is 9.82. The molecule has 0 spiro atoms. The number of allylic oxidation sites excluding steroid dienone is 11. The quantitative estimate of drug-likeness (QED) is 0.0714. The van der Waals surface area contributed by atoms with E-state index in [0.717, 1.165) is 75.6 Å². The number of aliphatic imine (C=N–C) groups is 3. The van der Waals surface area contributed by atoms with E-state index < -0.39 is 86.8 Å². The van der Waals surface area contributed by atoms with Crippen LogP contribution < -0.4 is 5.32 Å². The normalized spacial score (nSPS) is 19.5. The average molecular weight is 982 g/mol. The second kappa shape index (κ2) is 22.7. The standard InChI is InChI=1S/C51H63N7O13/c1-8-10-11-12-15-71-30(7)48-28(5)36-17-35-27(4)32(13-14-41(60)56(20-42(61)57(22-44(63)64)23-45(65)66)21-43(62)58(24-46(67)68)25-47(69)70)50(54-35)33-16-40(59)49-29(6)37(55-51(33)49)18-38-31(9-2)26(3)34(52-38)19-39(48)53-36/h17-19,27,30,32,54,59H,8-16,20-25H2,1-7H3,(H,63,64)(H,65,66)(H,67,68)(H,69,70). The summed E-state index contributed by atoms with van der Waals surface area (Å²) in [6, 6.07) is 0. The Balaban J connectivity index is 1.42. The van der Waals surface area contributed by atoms with Gasteiger partial charge in [-0.05, 0) is 87.5 Å². The van der Waals surface area contributed by atoms with Crippen LogP contribution in [0.4, 0.5) is 0 Å². The maximum absolute atomic E-state index is 14.4. The first kappa shape index (κ1) is 53.1. The Kier molecular flexibility index (Phi) is 17.0. The number of rotatable bonds is 23. The summed E-state index contributed by atoms with van der Waals surface area (Å²) in [5, 5.41) is 53.0. The minimum atomic E-state index is -1.55. The first-order valence-corrected chi connectivity index (χ1v) is 23.9. The Hall–Kier alpha value is -7.22. The van der Waals surface area contributed by atoms with Crippen molar-refractivity contribution in [1.29, 1.82) is 0 Å². The Morgan fingerprint density at radius 3 is 1.85 bits per heavy atom. The summed E-state index contributed by atoms with van der Waals surface area (Å²) in [5.41, 5.74) is 11.4. The number of carboxylic acids is 4. The molecule has 3 amide bonds. The molecule has 71 heavy (non-hydrogen) atoms. The summed E-state index contributed by atoms with van der Waals surface area (Å²) in [6.07, 6.45) is 10.3. The molecule has 20 nitrogen and oxygen atoms in total. The molecule has 6 rings (SSSR count). The summed E-state index contributed by atoms with van der Waals surface area (Å²) in [5.74, 6) is -10.00. The van der Waals surface area contributed by atoms with Crippen LogP contribution in [0.3, 0.4) is 0 Å². The molecule has 0 radical (unpaired) electrons. The van der Waals surface area contributed by atoms with Crippen LogP contribution in [0.2, 0.25) is 0 Å². The van der Waals surface area contributed by atoms with Gasteiger partial charge in [0.15, 0.2) is 0 Å². The average Bonchev–Trinajstić information content (AvgIpc) is 4.05. The fraction of sp³-hybridized carbons (Fsp3) is 0.490. The van der Waals surface area contributed by atoms with Crippen molar-refractivity contribution in [3.05, 3.63) is 91.5 Å². The number of hydrogen-bond acceptors (Lipinski definition) is 13. The number of ether oxygens (including phenoxy) is 1. The van der Waals surface area contributed by atoms with E-state index in [1.165, 1.54) is 0 Å². The molecule has 0 saturated carbocycles. The molecule has 1 aliphatic carbocycles. The molecule has 1 saturated heterocycles. The highest BCUT2D eigenvalue weighted by atomic mass is 16.5. The van der Waals surface area contributed by atoms with Gasteiger partial charge in [-0.15, -0.1) is 0 Å². The van der Waals surface area contributed by atoms with E-state index in [9.17, 15) is 59.1 Å². The highest BCUT2D eigenvalue weighted by molar-refractivity contribution is 6.21. The topological polar surface area (TPSA) is 289 Å². The second-order valence-corrected chi connectivity index (χ2v) is 18.5. The largest absolute Gasteiger partial charge is 0.511 e. The van der Waals surface area contributed by atoms with Crippen LogP contribution in [0.5, 0.6) is 0 Å². The zero-order chi connectivity index (χ0) is 52.0. The molecular formula is C51H63N7O13. The first-order chi connectivity index (χ1) is 33.6. The van der Waals surface area contributed by atoms with Gasteiger partial charge in [0.2, 0.25) is 17.7 Å². The SMILES string of the molecule is CCCCCCOC(C)C1=C(C)C2=NC1=CC1=NC(=CC3=C(C)C4=C(O)CC(=C5NC(=C2)C(C)C5CCC(=O)N(CC(=O)N(CC(=O)O)CC(=O)O)CC(=O)N(CC(=O)O)CC(=O)O)C4=N3)C(CC)=C1C. The number of carboxylic acid groups (broad SMARTS) is 4. The van der Waals surface area contributed by atoms with Gasteiger partial charge in [0.25, 0.3) is 0 Å². The van der Waals surface area contributed by atoms with Crippen LogP contribution in [0.1, 0.15) is 99.8 Å². The zero-order valence-electron chi connectivity index (χ0n) is 41.3. The van der Waals surface area contributed by atoms with Gasteiger partial charge in [-0.25, -0.2) is 15.0 Å². The van der Waals surface area contributed by atoms with Gasteiger partial charge in [-0.3, -0.25) is 33.6 Å². The molecule has 0 aromatic heterocycles. The lowest BCUT2D eigenvalue weighted by molar-refractivity contribution is -0.153. The van der Waals surface area contributed by atoms with Crippen molar-refractivity contribution in [2.75, 3.05) is 45.9 Å². The predicted molar refractivity (Wildman–Crippen MR) is 261 cm³/mol. The van der Waals surface area contributed by atoms with E-state index in [2.05, 4.69) is 19.2 Å². The van der Waals surface area contributed by atoms with E-state index in [1.807, 2.05) is 52.8 Å². The van der Waals surface area contributed by atoms with Crippen LogP contribution in [0.15, 0.2) is 106 Å². The molecule has 0 aromatic carbocycles. The summed E-state index contributed by atoms with van der Waals surface area (Å²) >= 11 is 0. The predicted octanol–water partition coefficient (Wildman–Crippen LogP) is 5.25. The third-order valence-electron chi connectivity index (χ3n) is 13.6. The van der Waals surface area contributed by atoms with Crippen LogP contribution in [0.25, 0.3) is 0 Å². The molecule has 1 fully saturated rings. The number of aliphatic carboxylic acids is 4. The van der Waals surface area contributed by atoms with Gasteiger partial charge in [0, 0.05) is 59.4 Å². The van der Waals surface area contributed by atoms with E-state index in [1.54, 1.807) is 0 Å². The molecule has 20 heteroatoms. The lowest BCUT2D eigenvalue weighted by atomic mass is 9.86. The number of amides is 3. The molecule has 8 bridgehead atoms. The minimum Gasteiger partial charge on any atom is -0.511 e. The molecule has 3 atom stereocenters. The smallest absolute Gasteiger partial charge is 0.323 e. The zero-order valence-corrected chi connectivity index (χ0v) is 41.3. The van der Waals surface area contributed by atoms with Gasteiger partial charge in [0.1, 0.15) is 45.0 Å². The van der Waals surface area contributed by atoms with Crippen molar-refractivity contribution in [2.24, 2.45) is 26.8 Å². The third kappa shape index (κ3) is 12.0. The molecule has 0 aromatic rings. The summed E-state index contributed by atoms with van der Waals surface area (Å²) in [6.45, 7) is 8.59. The van der Waals surface area contributed by atoms with Crippen molar-refractivity contribution >= 4 is 58.7 Å². The number of nitrogens with zero attached hydrogens (tertiary/aromatic N) is 6. The van der Waals surface area contributed by atoms with Crippen LogP contribution in [-0.2, 0) is 38.3 Å². The Labute approximate surface area is 411 Å². The number of carbonyl (C=O) groups excluding carboxylic acids is 3. The van der Waals surface area contributed by atoms with Crippen molar-refractivity contribution in [2.45, 2.75) is 106 Å². The number of unbranched alkanes of at least 4 members (excludes halogenated alkanes) is 3. The van der Waals surface area contributed by atoms with E-state index >= 15 is 0 Å². The van der Waals surface area contributed by atoms with E-state index in [4.69, 9.17) is 19.7 Å². The summed E-state index contributed by atoms with van der Waals surface area (Å²) in [4.78, 5) is 105. The van der Waals surface area contributed by atoms with Crippen molar-refractivity contribution in [3.8, 4) is 0 Å². The highest BCUT2D eigenvalue weighted by Gasteiger charge is 2.42. The Bertz CT molecular complexity index is 2590. The maximum Gasteiger partial charge on any atom is 0.323 e. The van der Waals surface area contributed by atoms with Crippen LogP contribution >= 0.6 is 0 Å². The molecular weight excluding hydrogens is 919 g/mol. The van der Waals surface area contributed by atoms with Gasteiger partial charge in [0.05, 0.1) is 40.3 Å². The van der Waals surface area contributed by atoms with Crippen molar-refractivity contribution in [3.63, 3.8) is 0 Å². The van der Waals surface area contributed by atoms with Gasteiger partial charge in [-0.1, -0.05) is 40.0 Å². The van der Waals surface area contributed by atoms with Crippen molar-refractivity contribution in [1.82, 2.24) is 20.0 Å². The van der Waals surface area contributed by atoms with Crippen molar-refractivity contribution < 1.29 is 63.8 Å². The summed E-state index contributed by atoms with van der Waals surface area (Å²) < 4.78 is 6.45. The Morgan fingerprint density at radius 2 is 1.28 bits per heavy atom. The number of nitrogens with one attached hydrogen (secondary N) is 1. The summed E-state index contributed by atoms with van der Waals surface area (Å²) in [7, 11) is 0. The van der Waals surface area contributed by atoms with Crippen LogP contribution in [-0.4, -0.2) is 151 Å². The number of carbonyl (C=O) groups is 7. The Morgan fingerprint density at radius 1 is 0.718 bits per heavy atom. The molecule has 5 heterocycles. The number of fused-ring (bicyclic) bond motifs is 5. The number of aliphatic hydroxyl groups excluding tert-OH is 1. The molecule has 6 aliphatic rings. The molecule has 380 valence electrons. The van der Waals surface area contributed by atoms with E-state index in [0.29, 0.717) is 62.5 Å². The number of hydrogen-bond donors (Lipinski definition) is 6. The first-order valence-electron chi connectivity index (χ1n) is 23.9. The lowest BCUT2D eigenvalue weighted by Crippen LogP contribution is -2.50. The van der Waals surface area contributed by atoms with E-state index in [-0.39, 0.29) is 37.0 Å². The minimum absolute atomic E-state index is 0.0679. The third-order valence-corrected chi connectivity index (χ3v) is 13.6. The molecule has 5 aliphatic heterocycles. The lowest BCUT2D eigenvalue weighted by Gasteiger charge is -2.28. The van der Waals surface area contributed by atoms with Gasteiger partial charge in [-0.2, -0.15) is 0 Å². The molecule has 3 unspecified atom stereocenters. The maximum atomic E-state index is 14.4. The van der Waals surface area contributed by atoms with Crippen LogP contribution in [0, 0.1) is 11.8 Å². The second-order valence-electron chi connectivity index (χ2n) is 18.5. The molecule has 6 N–H and O–H groups in total. The highest BCUT2D eigenvalue weighted by Crippen LogP contribution is 2.46. The van der Waals surface area contributed by atoms with Gasteiger partial charge < -0.3 is 50.3 Å². The fourth-order valence-corrected chi connectivity index (χ4v) is 9.82.